The van der Waals surface area contributed by atoms with E-state index < -0.39 is 0 Å². The minimum absolute atomic E-state index is 0.207. The molecule has 1 aromatic heterocycles. The van der Waals surface area contributed by atoms with Crippen molar-refractivity contribution in [3.05, 3.63) is 65.6 Å². The van der Waals surface area contributed by atoms with Crippen molar-refractivity contribution in [3.63, 3.8) is 0 Å². The van der Waals surface area contributed by atoms with Crippen LogP contribution < -0.4 is 4.74 Å². The molecule has 2 nitrogen and oxygen atoms in total. The highest BCUT2D eigenvalue weighted by Crippen LogP contribution is 2.24. The largest absolute Gasteiger partial charge is 0.489 e. The second kappa shape index (κ2) is 5.60. The van der Waals surface area contributed by atoms with Crippen molar-refractivity contribution < 1.29 is 9.13 Å². The van der Waals surface area contributed by atoms with E-state index in [1.165, 1.54) is 11.6 Å². The Bertz CT molecular complexity index is 776. The summed E-state index contributed by atoms with van der Waals surface area (Å²) in [6, 6.07) is 12.9. The van der Waals surface area contributed by atoms with Gasteiger partial charge in [0.25, 0.3) is 0 Å². The molecule has 0 bridgehead atoms. The van der Waals surface area contributed by atoms with Crippen LogP contribution in [0.25, 0.3) is 10.9 Å². The second-order valence-corrected chi connectivity index (χ2v) is 5.21. The van der Waals surface area contributed by atoms with E-state index in [1.807, 2.05) is 48.0 Å². The van der Waals surface area contributed by atoms with Gasteiger partial charge in [-0.2, -0.15) is 0 Å². The number of fused-ring (bicyclic) bond motifs is 1. The maximum atomic E-state index is 13.4. The van der Waals surface area contributed by atoms with Crippen LogP contribution in [-0.2, 0) is 13.2 Å². The molecule has 0 unspecified atom stereocenters. The van der Waals surface area contributed by atoms with Crippen LogP contribution in [0.1, 0.15) is 18.1 Å². The summed E-state index contributed by atoms with van der Waals surface area (Å²) in [6.07, 6.45) is 2.04. The van der Waals surface area contributed by atoms with Crippen LogP contribution in [0, 0.1) is 12.7 Å². The van der Waals surface area contributed by atoms with Crippen molar-refractivity contribution in [1.82, 2.24) is 4.57 Å². The lowest BCUT2D eigenvalue weighted by Gasteiger charge is -2.06. The fourth-order valence-electron chi connectivity index (χ4n) is 2.58. The molecule has 2 aromatic carbocycles. The van der Waals surface area contributed by atoms with E-state index in [-0.39, 0.29) is 5.82 Å². The summed E-state index contributed by atoms with van der Waals surface area (Å²) in [6.45, 7) is 5.39. The number of nitrogens with zero attached hydrogens (tertiary/aromatic N) is 1. The van der Waals surface area contributed by atoms with Crippen LogP contribution >= 0.6 is 0 Å². The summed E-state index contributed by atoms with van der Waals surface area (Å²) in [5.41, 5.74) is 3.17. The molecule has 0 aliphatic heterocycles. The van der Waals surface area contributed by atoms with Gasteiger partial charge in [0.2, 0.25) is 0 Å². The Morgan fingerprint density at radius 1 is 1.14 bits per heavy atom. The van der Waals surface area contributed by atoms with Crippen LogP contribution in [0.5, 0.6) is 5.75 Å². The predicted octanol–water partition coefficient (Wildman–Crippen LogP) is 4.69. The first kappa shape index (κ1) is 13.7. The number of aryl methyl sites for hydroxylation is 2. The van der Waals surface area contributed by atoms with Crippen molar-refractivity contribution >= 4 is 10.9 Å². The number of halogens is 1. The van der Waals surface area contributed by atoms with Crippen molar-refractivity contribution in [2.75, 3.05) is 0 Å². The number of ether oxygens (including phenoxy) is 1. The molecule has 3 aromatic rings. The van der Waals surface area contributed by atoms with Gasteiger partial charge < -0.3 is 9.30 Å². The highest BCUT2D eigenvalue weighted by Gasteiger charge is 2.09. The smallest absolute Gasteiger partial charge is 0.125 e. The predicted molar refractivity (Wildman–Crippen MR) is 83.1 cm³/mol. The van der Waals surface area contributed by atoms with Gasteiger partial charge in [0, 0.05) is 23.7 Å². The van der Waals surface area contributed by atoms with Gasteiger partial charge in [-0.05, 0) is 49.7 Å². The van der Waals surface area contributed by atoms with Gasteiger partial charge in [0.05, 0.1) is 5.52 Å². The molecule has 0 saturated heterocycles. The van der Waals surface area contributed by atoms with Crippen molar-refractivity contribution in [2.45, 2.75) is 27.0 Å². The lowest BCUT2D eigenvalue weighted by molar-refractivity contribution is 0.307. The number of aromatic nitrogens is 1. The molecule has 21 heavy (non-hydrogen) atoms. The Morgan fingerprint density at radius 3 is 2.76 bits per heavy atom. The summed E-state index contributed by atoms with van der Waals surface area (Å²) < 4.78 is 21.3. The molecule has 0 fully saturated rings. The Balaban J connectivity index is 1.90. The fourth-order valence-corrected chi connectivity index (χ4v) is 2.58. The van der Waals surface area contributed by atoms with Crippen molar-refractivity contribution in [1.29, 1.82) is 0 Å². The van der Waals surface area contributed by atoms with E-state index in [0.717, 1.165) is 28.8 Å². The van der Waals surface area contributed by atoms with Crippen molar-refractivity contribution in [2.24, 2.45) is 0 Å². The number of hydrogen-bond donors (Lipinski definition) is 0. The van der Waals surface area contributed by atoms with Crippen LogP contribution in [0.4, 0.5) is 4.39 Å². The average molecular weight is 283 g/mol. The maximum absolute atomic E-state index is 13.4. The summed E-state index contributed by atoms with van der Waals surface area (Å²) in [5.74, 6) is 0.649. The molecule has 0 spiro atoms. The van der Waals surface area contributed by atoms with E-state index in [0.29, 0.717) is 6.61 Å². The van der Waals surface area contributed by atoms with Gasteiger partial charge in [0.15, 0.2) is 0 Å². The average Bonchev–Trinajstić information content (AvgIpc) is 2.82. The Morgan fingerprint density at radius 2 is 2.00 bits per heavy atom. The minimum Gasteiger partial charge on any atom is -0.489 e. The third-order valence-electron chi connectivity index (χ3n) is 3.65. The van der Waals surface area contributed by atoms with Crippen LogP contribution in [0.3, 0.4) is 0 Å². The van der Waals surface area contributed by atoms with Gasteiger partial charge >= 0.3 is 0 Å². The monoisotopic (exact) mass is 283 g/mol. The van der Waals surface area contributed by atoms with E-state index in [9.17, 15) is 4.39 Å². The first-order valence-electron chi connectivity index (χ1n) is 7.14. The Labute approximate surface area is 123 Å². The van der Waals surface area contributed by atoms with Gasteiger partial charge in [-0.3, -0.25) is 0 Å². The standard InChI is InChI=1S/C18H18FNO/c1-3-20-11-14(17-8-7-15(19)10-18(17)20)12-21-16-6-4-5-13(2)9-16/h4-11H,3,12H2,1-2H3. The molecule has 1 heterocycles. The molecule has 0 radical (unpaired) electrons. The van der Waals surface area contributed by atoms with Gasteiger partial charge in [0.1, 0.15) is 18.2 Å². The number of rotatable bonds is 4. The van der Waals surface area contributed by atoms with Gasteiger partial charge in [-0.25, -0.2) is 4.39 Å². The Kier molecular flexibility index (Phi) is 3.65. The topological polar surface area (TPSA) is 14.2 Å². The second-order valence-electron chi connectivity index (χ2n) is 5.21. The summed E-state index contributed by atoms with van der Waals surface area (Å²) in [7, 11) is 0. The lowest BCUT2D eigenvalue weighted by Crippen LogP contribution is -1.95. The van der Waals surface area contributed by atoms with Gasteiger partial charge in [-0.15, -0.1) is 0 Å². The zero-order valence-corrected chi connectivity index (χ0v) is 12.3. The van der Waals surface area contributed by atoms with E-state index in [4.69, 9.17) is 4.74 Å². The van der Waals surface area contributed by atoms with Crippen molar-refractivity contribution in [3.8, 4) is 5.75 Å². The molecular weight excluding hydrogens is 265 g/mol. The third kappa shape index (κ3) is 2.77. The molecule has 3 rings (SSSR count). The Hall–Kier alpha value is -2.29. The molecule has 3 heteroatoms. The summed E-state index contributed by atoms with van der Waals surface area (Å²) >= 11 is 0. The first-order chi connectivity index (χ1) is 10.2. The fraction of sp³-hybridized carbons (Fsp3) is 0.222. The van der Waals surface area contributed by atoms with E-state index in [1.54, 1.807) is 6.07 Å². The van der Waals surface area contributed by atoms with Crippen LogP contribution in [-0.4, -0.2) is 4.57 Å². The van der Waals surface area contributed by atoms with E-state index in [2.05, 4.69) is 6.92 Å². The molecule has 0 aliphatic carbocycles. The highest BCUT2D eigenvalue weighted by molar-refractivity contribution is 5.84. The van der Waals surface area contributed by atoms with Crippen LogP contribution in [0.15, 0.2) is 48.7 Å². The molecule has 0 aliphatic rings. The molecule has 0 atom stereocenters. The maximum Gasteiger partial charge on any atom is 0.125 e. The zero-order valence-electron chi connectivity index (χ0n) is 12.3. The molecule has 0 N–H and O–H groups in total. The quantitative estimate of drug-likeness (QED) is 0.677. The molecule has 108 valence electrons. The molecule has 0 saturated carbocycles. The summed E-state index contributed by atoms with van der Waals surface area (Å²) in [4.78, 5) is 0. The van der Waals surface area contributed by atoms with Crippen LogP contribution in [0.2, 0.25) is 0 Å². The SMILES string of the molecule is CCn1cc(COc2cccc(C)c2)c2ccc(F)cc21. The number of benzene rings is 2. The first-order valence-corrected chi connectivity index (χ1v) is 7.14. The molecular formula is C18H18FNO. The minimum atomic E-state index is -0.207. The van der Waals surface area contributed by atoms with Gasteiger partial charge in [-0.1, -0.05) is 12.1 Å². The number of hydrogen-bond acceptors (Lipinski definition) is 1. The zero-order chi connectivity index (χ0) is 14.8. The van der Waals surface area contributed by atoms with E-state index >= 15 is 0 Å². The molecule has 0 amide bonds. The summed E-state index contributed by atoms with van der Waals surface area (Å²) in [5, 5.41) is 1.05. The lowest BCUT2D eigenvalue weighted by atomic mass is 10.2. The highest BCUT2D eigenvalue weighted by atomic mass is 19.1. The third-order valence-corrected chi connectivity index (χ3v) is 3.65. The normalized spacial score (nSPS) is 11.0.